The van der Waals surface area contributed by atoms with Crippen LogP contribution in [0, 0.1) is 5.92 Å². The number of nitrogens with one attached hydrogen (secondary N) is 3. The number of carbonyl (C=O) groups excluding carboxylic acids is 3. The molecule has 2 fully saturated rings. The molecule has 2 aliphatic rings. The van der Waals surface area contributed by atoms with E-state index in [-0.39, 0.29) is 5.91 Å². The molecule has 122 valence electrons. The number of urea groups is 2. The van der Waals surface area contributed by atoms with Crippen molar-refractivity contribution >= 4 is 18.0 Å². The monoisotopic (exact) mass is 317 g/mol. The summed E-state index contributed by atoms with van der Waals surface area (Å²) >= 11 is 0. The highest BCUT2D eigenvalue weighted by molar-refractivity contribution is 6.00. The third-order valence-corrected chi connectivity index (χ3v) is 4.21. The molecule has 1 aromatic rings. The van der Waals surface area contributed by atoms with E-state index in [1.807, 2.05) is 6.92 Å². The number of carbonyl (C=O) groups is 3. The molecular weight excluding hydrogens is 298 g/mol. The lowest BCUT2D eigenvalue weighted by atomic mass is 9.86. The van der Waals surface area contributed by atoms with Gasteiger partial charge in [0.25, 0.3) is 0 Å². The number of imide groups is 1. The molecule has 0 spiro atoms. The maximum atomic E-state index is 12.4. The van der Waals surface area contributed by atoms with Crippen LogP contribution < -0.4 is 16.0 Å². The summed E-state index contributed by atoms with van der Waals surface area (Å²) in [7, 11) is 0. The molecule has 2 saturated heterocycles. The molecule has 3 heterocycles. The standard InChI is InChI=1S/C15H19N5O3/c1-2-3-8-20-12-10(13(21)19-15(20)23)11(17-14(22)18-12)9-4-6-16-7-5-9/h4-7,10-12H,2-3,8H2,1H3,(H2,17,18,22)(H,19,21,23). The van der Waals surface area contributed by atoms with Gasteiger partial charge in [0.2, 0.25) is 5.91 Å². The van der Waals surface area contributed by atoms with E-state index in [1.54, 1.807) is 24.5 Å². The first-order valence-electron chi connectivity index (χ1n) is 7.70. The molecule has 8 heteroatoms. The van der Waals surface area contributed by atoms with Crippen LogP contribution in [0.4, 0.5) is 9.59 Å². The molecule has 3 unspecified atom stereocenters. The molecule has 5 amide bonds. The lowest BCUT2D eigenvalue weighted by molar-refractivity contribution is -0.130. The summed E-state index contributed by atoms with van der Waals surface area (Å²) in [5, 5.41) is 7.89. The van der Waals surface area contributed by atoms with Crippen molar-refractivity contribution in [1.29, 1.82) is 0 Å². The number of nitrogens with zero attached hydrogens (tertiary/aromatic N) is 2. The van der Waals surface area contributed by atoms with Crippen molar-refractivity contribution in [3.05, 3.63) is 30.1 Å². The average Bonchev–Trinajstić information content (AvgIpc) is 2.54. The van der Waals surface area contributed by atoms with Gasteiger partial charge in [-0.1, -0.05) is 13.3 Å². The minimum absolute atomic E-state index is 0.387. The maximum Gasteiger partial charge on any atom is 0.325 e. The van der Waals surface area contributed by atoms with Crippen LogP contribution in [-0.2, 0) is 4.79 Å². The molecule has 2 aliphatic heterocycles. The number of unbranched alkanes of at least 4 members (excludes halogenated alkanes) is 1. The summed E-state index contributed by atoms with van der Waals surface area (Å²) in [6.45, 7) is 2.51. The lowest BCUT2D eigenvalue weighted by Gasteiger charge is -2.46. The smallest absolute Gasteiger partial charge is 0.325 e. The number of amides is 5. The number of hydrogen-bond donors (Lipinski definition) is 3. The van der Waals surface area contributed by atoms with Gasteiger partial charge < -0.3 is 15.5 Å². The third-order valence-electron chi connectivity index (χ3n) is 4.21. The van der Waals surface area contributed by atoms with Crippen molar-refractivity contribution in [2.75, 3.05) is 6.54 Å². The van der Waals surface area contributed by atoms with E-state index in [4.69, 9.17) is 0 Å². The van der Waals surface area contributed by atoms with Crippen LogP contribution in [0.3, 0.4) is 0 Å². The highest BCUT2D eigenvalue weighted by Crippen LogP contribution is 2.31. The SMILES string of the molecule is CCCCN1C(=O)NC(=O)C2C(c3ccncc3)NC(=O)NC21. The average molecular weight is 317 g/mol. The van der Waals surface area contributed by atoms with E-state index in [1.165, 1.54) is 4.90 Å². The van der Waals surface area contributed by atoms with Crippen LogP contribution in [0.15, 0.2) is 24.5 Å². The number of rotatable bonds is 4. The van der Waals surface area contributed by atoms with Gasteiger partial charge in [-0.3, -0.25) is 15.1 Å². The van der Waals surface area contributed by atoms with E-state index in [0.29, 0.717) is 6.54 Å². The van der Waals surface area contributed by atoms with E-state index in [0.717, 1.165) is 18.4 Å². The second-order valence-corrected chi connectivity index (χ2v) is 5.69. The number of aromatic nitrogens is 1. The lowest BCUT2D eigenvalue weighted by Crippen LogP contribution is -2.72. The van der Waals surface area contributed by atoms with Crippen LogP contribution in [0.1, 0.15) is 31.4 Å². The fourth-order valence-corrected chi connectivity index (χ4v) is 3.06. The zero-order valence-electron chi connectivity index (χ0n) is 12.8. The van der Waals surface area contributed by atoms with Crippen molar-refractivity contribution in [3.63, 3.8) is 0 Å². The molecule has 3 atom stereocenters. The Morgan fingerprint density at radius 1 is 1.17 bits per heavy atom. The summed E-state index contributed by atoms with van der Waals surface area (Å²) in [6.07, 6.45) is 4.29. The Bertz CT molecular complexity index is 621. The molecule has 23 heavy (non-hydrogen) atoms. The van der Waals surface area contributed by atoms with E-state index >= 15 is 0 Å². The van der Waals surface area contributed by atoms with Crippen LogP contribution >= 0.6 is 0 Å². The normalized spacial score (nSPS) is 26.9. The summed E-state index contributed by atoms with van der Waals surface area (Å²) in [5.74, 6) is -0.980. The maximum absolute atomic E-state index is 12.4. The van der Waals surface area contributed by atoms with Crippen LogP contribution in [-0.4, -0.2) is 40.6 Å². The topological polar surface area (TPSA) is 103 Å². The number of fused-ring (bicyclic) bond motifs is 1. The van der Waals surface area contributed by atoms with Gasteiger partial charge in [0.15, 0.2) is 0 Å². The van der Waals surface area contributed by atoms with Gasteiger partial charge in [-0.15, -0.1) is 0 Å². The first-order chi connectivity index (χ1) is 11.1. The second kappa shape index (κ2) is 6.23. The van der Waals surface area contributed by atoms with Gasteiger partial charge in [0, 0.05) is 18.9 Å². The Morgan fingerprint density at radius 3 is 2.61 bits per heavy atom. The zero-order valence-corrected chi connectivity index (χ0v) is 12.8. The van der Waals surface area contributed by atoms with Crippen molar-refractivity contribution in [2.45, 2.75) is 32.0 Å². The zero-order chi connectivity index (χ0) is 16.4. The molecule has 3 rings (SSSR count). The molecule has 0 aromatic carbocycles. The third kappa shape index (κ3) is 2.84. The van der Waals surface area contributed by atoms with E-state index in [9.17, 15) is 14.4 Å². The van der Waals surface area contributed by atoms with Crippen molar-refractivity contribution < 1.29 is 14.4 Å². The fraction of sp³-hybridized carbons (Fsp3) is 0.467. The molecule has 0 bridgehead atoms. The quantitative estimate of drug-likeness (QED) is 0.761. The van der Waals surface area contributed by atoms with E-state index < -0.39 is 30.2 Å². The van der Waals surface area contributed by atoms with Crippen molar-refractivity contribution in [2.24, 2.45) is 5.92 Å². The largest absolute Gasteiger partial charge is 0.330 e. The summed E-state index contributed by atoms with van der Waals surface area (Å²) in [6, 6.07) is 2.16. The molecule has 1 aromatic heterocycles. The van der Waals surface area contributed by atoms with Gasteiger partial charge in [0.1, 0.15) is 12.1 Å². The Labute approximate surface area is 133 Å². The highest BCUT2D eigenvalue weighted by atomic mass is 16.2. The molecule has 3 N–H and O–H groups in total. The minimum Gasteiger partial charge on any atom is -0.330 e. The molecule has 0 saturated carbocycles. The second-order valence-electron chi connectivity index (χ2n) is 5.69. The van der Waals surface area contributed by atoms with Crippen LogP contribution in [0.25, 0.3) is 0 Å². The Hall–Kier alpha value is -2.64. The van der Waals surface area contributed by atoms with Gasteiger partial charge in [-0.25, -0.2) is 9.59 Å². The predicted octanol–water partition coefficient (Wildman–Crippen LogP) is 0.730. The Balaban J connectivity index is 1.94. The first-order valence-corrected chi connectivity index (χ1v) is 7.70. The molecule has 8 nitrogen and oxygen atoms in total. The number of hydrogen-bond acceptors (Lipinski definition) is 4. The summed E-state index contributed by atoms with van der Waals surface area (Å²) in [5.41, 5.74) is 0.782. The van der Waals surface area contributed by atoms with Crippen molar-refractivity contribution in [1.82, 2.24) is 25.8 Å². The molecule has 0 aliphatic carbocycles. The minimum atomic E-state index is -0.644. The van der Waals surface area contributed by atoms with E-state index in [2.05, 4.69) is 20.9 Å². The molecule has 0 radical (unpaired) electrons. The van der Waals surface area contributed by atoms with Gasteiger partial charge in [-0.2, -0.15) is 0 Å². The van der Waals surface area contributed by atoms with Gasteiger partial charge >= 0.3 is 12.1 Å². The fourth-order valence-electron chi connectivity index (χ4n) is 3.06. The first kappa shape index (κ1) is 15.3. The summed E-state index contributed by atoms with van der Waals surface area (Å²) < 4.78 is 0. The predicted molar refractivity (Wildman–Crippen MR) is 81.1 cm³/mol. The van der Waals surface area contributed by atoms with Crippen LogP contribution in [0.5, 0.6) is 0 Å². The Morgan fingerprint density at radius 2 is 1.91 bits per heavy atom. The number of pyridine rings is 1. The Kier molecular flexibility index (Phi) is 4.14. The summed E-state index contributed by atoms with van der Waals surface area (Å²) in [4.78, 5) is 42.0. The van der Waals surface area contributed by atoms with Gasteiger partial charge in [-0.05, 0) is 24.1 Å². The molecular formula is C15H19N5O3. The highest BCUT2D eigenvalue weighted by Gasteiger charge is 2.49. The van der Waals surface area contributed by atoms with Crippen LogP contribution in [0.2, 0.25) is 0 Å². The van der Waals surface area contributed by atoms with Crippen molar-refractivity contribution in [3.8, 4) is 0 Å². The van der Waals surface area contributed by atoms with Gasteiger partial charge in [0.05, 0.1) is 6.04 Å².